The van der Waals surface area contributed by atoms with E-state index >= 15 is 0 Å². The number of rotatable bonds is 8. The summed E-state index contributed by atoms with van der Waals surface area (Å²) >= 11 is 0. The average Bonchev–Trinajstić information content (AvgIpc) is 3.65. The van der Waals surface area contributed by atoms with Gasteiger partial charge in [0.25, 0.3) is 0 Å². The van der Waals surface area contributed by atoms with Gasteiger partial charge >= 0.3 is 0 Å². The van der Waals surface area contributed by atoms with Crippen molar-refractivity contribution in [3.63, 3.8) is 0 Å². The van der Waals surface area contributed by atoms with Crippen LogP contribution in [0.3, 0.4) is 0 Å². The van der Waals surface area contributed by atoms with Crippen molar-refractivity contribution in [2.24, 2.45) is 0 Å². The standard InChI is InChI=1S/C59H40N2/c1-5-16-41(17-6-1)42-28-32-44(33-29-42)56-40-57(61-58(60-56)46-18-7-2-8-19-46)45-34-30-43(31-35-45)47-20-15-21-48(38-47)49-36-37-55-53(39-49)52-26-13-14-27-54(52)59(55,50-22-9-3-10-23-50)51-24-11-4-12-25-51/h1-40H. The molecule has 286 valence electrons. The molecule has 0 spiro atoms. The van der Waals surface area contributed by atoms with Gasteiger partial charge in [0.15, 0.2) is 5.82 Å². The summed E-state index contributed by atoms with van der Waals surface area (Å²) in [7, 11) is 0. The van der Waals surface area contributed by atoms with Crippen molar-refractivity contribution >= 4 is 0 Å². The Labute approximate surface area is 357 Å². The molecule has 0 aliphatic heterocycles. The Morgan fingerprint density at radius 3 is 1.23 bits per heavy atom. The van der Waals surface area contributed by atoms with E-state index in [1.807, 2.05) is 24.3 Å². The normalized spacial score (nSPS) is 12.4. The Balaban J connectivity index is 0.942. The third-order valence-electron chi connectivity index (χ3n) is 12.2. The highest BCUT2D eigenvalue weighted by Gasteiger charge is 2.45. The first-order chi connectivity index (χ1) is 30.2. The van der Waals surface area contributed by atoms with E-state index in [4.69, 9.17) is 9.97 Å². The molecule has 10 aromatic rings. The topological polar surface area (TPSA) is 25.8 Å². The maximum Gasteiger partial charge on any atom is 0.160 e. The van der Waals surface area contributed by atoms with Crippen molar-refractivity contribution in [1.29, 1.82) is 0 Å². The maximum absolute atomic E-state index is 5.10. The van der Waals surface area contributed by atoms with E-state index in [1.54, 1.807) is 0 Å². The summed E-state index contributed by atoms with van der Waals surface area (Å²) in [6.45, 7) is 0. The van der Waals surface area contributed by atoms with Crippen molar-refractivity contribution < 1.29 is 0 Å². The van der Waals surface area contributed by atoms with Crippen LogP contribution < -0.4 is 0 Å². The highest BCUT2D eigenvalue weighted by atomic mass is 14.9. The zero-order valence-corrected chi connectivity index (χ0v) is 33.5. The molecular formula is C59H40N2. The van der Waals surface area contributed by atoms with Gasteiger partial charge in [-0.1, -0.05) is 224 Å². The molecule has 0 bridgehead atoms. The monoisotopic (exact) mass is 776 g/mol. The van der Waals surface area contributed by atoms with Crippen LogP contribution in [-0.4, -0.2) is 9.97 Å². The number of benzene rings is 9. The van der Waals surface area contributed by atoms with Gasteiger partial charge in [0, 0.05) is 16.7 Å². The molecule has 0 saturated heterocycles. The van der Waals surface area contributed by atoms with E-state index in [2.05, 4.69) is 218 Å². The summed E-state index contributed by atoms with van der Waals surface area (Å²) in [5.74, 6) is 0.707. The van der Waals surface area contributed by atoms with Gasteiger partial charge in [-0.15, -0.1) is 0 Å². The first kappa shape index (κ1) is 36.2. The molecule has 11 rings (SSSR count). The zero-order chi connectivity index (χ0) is 40.6. The van der Waals surface area contributed by atoms with Gasteiger partial charge in [-0.05, 0) is 85.0 Å². The van der Waals surface area contributed by atoms with Crippen molar-refractivity contribution in [3.8, 4) is 78.4 Å². The lowest BCUT2D eigenvalue weighted by molar-refractivity contribution is 0.768. The second-order valence-electron chi connectivity index (χ2n) is 15.7. The number of hydrogen-bond donors (Lipinski definition) is 0. The van der Waals surface area contributed by atoms with Gasteiger partial charge in [-0.25, -0.2) is 9.97 Å². The first-order valence-corrected chi connectivity index (χ1v) is 20.9. The van der Waals surface area contributed by atoms with Gasteiger partial charge < -0.3 is 0 Å². The predicted molar refractivity (Wildman–Crippen MR) is 252 cm³/mol. The predicted octanol–water partition coefficient (Wildman–Crippen LogP) is 14.8. The molecule has 2 heteroatoms. The van der Waals surface area contributed by atoms with E-state index in [0.717, 1.165) is 33.6 Å². The van der Waals surface area contributed by atoms with Crippen LogP contribution in [0.1, 0.15) is 22.3 Å². The molecule has 0 atom stereocenters. The second-order valence-corrected chi connectivity index (χ2v) is 15.7. The van der Waals surface area contributed by atoms with Crippen LogP contribution in [0.2, 0.25) is 0 Å². The largest absolute Gasteiger partial charge is 0.228 e. The molecular weight excluding hydrogens is 737 g/mol. The molecule has 1 aliphatic carbocycles. The molecule has 0 radical (unpaired) electrons. The molecule has 1 heterocycles. The Bertz CT molecular complexity index is 3100. The molecule has 0 fully saturated rings. The van der Waals surface area contributed by atoms with Crippen LogP contribution >= 0.6 is 0 Å². The van der Waals surface area contributed by atoms with Crippen LogP contribution in [0.15, 0.2) is 243 Å². The number of fused-ring (bicyclic) bond motifs is 3. The minimum absolute atomic E-state index is 0.407. The molecule has 1 aliphatic rings. The molecule has 0 N–H and O–H groups in total. The summed E-state index contributed by atoms with van der Waals surface area (Å²) in [4.78, 5) is 10.2. The fourth-order valence-electron chi connectivity index (χ4n) is 9.26. The quantitative estimate of drug-likeness (QED) is 0.154. The van der Waals surface area contributed by atoms with Gasteiger partial charge in [0.05, 0.1) is 16.8 Å². The average molecular weight is 777 g/mol. The second kappa shape index (κ2) is 15.3. The number of nitrogens with zero attached hydrogens (tertiary/aromatic N) is 2. The van der Waals surface area contributed by atoms with Crippen LogP contribution in [0, 0.1) is 0 Å². The van der Waals surface area contributed by atoms with E-state index in [1.165, 1.54) is 61.2 Å². The van der Waals surface area contributed by atoms with Crippen LogP contribution in [0.25, 0.3) is 78.4 Å². The Morgan fingerprint density at radius 1 is 0.246 bits per heavy atom. The summed E-state index contributed by atoms with van der Waals surface area (Å²) in [6.07, 6.45) is 0. The van der Waals surface area contributed by atoms with E-state index in [-0.39, 0.29) is 0 Å². The van der Waals surface area contributed by atoms with Gasteiger partial charge in [-0.3, -0.25) is 0 Å². The van der Waals surface area contributed by atoms with Crippen molar-refractivity contribution in [2.45, 2.75) is 5.41 Å². The lowest BCUT2D eigenvalue weighted by Gasteiger charge is -2.33. The molecule has 9 aromatic carbocycles. The number of hydrogen-bond acceptors (Lipinski definition) is 2. The summed E-state index contributed by atoms with van der Waals surface area (Å²) in [6, 6.07) is 87.1. The molecule has 0 saturated carbocycles. The smallest absolute Gasteiger partial charge is 0.160 e. The lowest BCUT2D eigenvalue weighted by atomic mass is 9.67. The minimum atomic E-state index is -0.407. The lowest BCUT2D eigenvalue weighted by Crippen LogP contribution is -2.28. The van der Waals surface area contributed by atoms with E-state index in [0.29, 0.717) is 5.82 Å². The van der Waals surface area contributed by atoms with E-state index < -0.39 is 5.41 Å². The molecule has 2 nitrogen and oxygen atoms in total. The third kappa shape index (κ3) is 6.46. The minimum Gasteiger partial charge on any atom is -0.228 e. The zero-order valence-electron chi connectivity index (χ0n) is 33.5. The third-order valence-corrected chi connectivity index (χ3v) is 12.2. The molecule has 0 amide bonds. The van der Waals surface area contributed by atoms with Crippen molar-refractivity contribution in [2.75, 3.05) is 0 Å². The molecule has 61 heavy (non-hydrogen) atoms. The van der Waals surface area contributed by atoms with E-state index in [9.17, 15) is 0 Å². The van der Waals surface area contributed by atoms with Gasteiger partial charge in [0.1, 0.15) is 0 Å². The van der Waals surface area contributed by atoms with Crippen molar-refractivity contribution in [1.82, 2.24) is 9.97 Å². The molecule has 0 unspecified atom stereocenters. The maximum atomic E-state index is 5.10. The SMILES string of the molecule is c1ccc(-c2ccc(-c3cc(-c4ccc(-c5cccc(-c6ccc7c(c6)-c6ccccc6C7(c6ccccc6)c6ccccc6)c5)cc4)nc(-c4ccccc4)n3)cc2)cc1. The fraction of sp³-hybridized carbons (Fsp3) is 0.0169. The van der Waals surface area contributed by atoms with Gasteiger partial charge in [0.2, 0.25) is 0 Å². The summed E-state index contributed by atoms with van der Waals surface area (Å²) in [5, 5.41) is 0. The highest BCUT2D eigenvalue weighted by molar-refractivity contribution is 5.89. The van der Waals surface area contributed by atoms with Gasteiger partial charge in [-0.2, -0.15) is 0 Å². The number of aromatic nitrogens is 2. The van der Waals surface area contributed by atoms with Crippen LogP contribution in [0.4, 0.5) is 0 Å². The summed E-state index contributed by atoms with van der Waals surface area (Å²) in [5.41, 5.74) is 19.3. The Morgan fingerprint density at radius 2 is 0.639 bits per heavy atom. The highest BCUT2D eigenvalue weighted by Crippen LogP contribution is 2.56. The molecule has 1 aromatic heterocycles. The van der Waals surface area contributed by atoms with Crippen LogP contribution in [-0.2, 0) is 5.41 Å². The Kier molecular flexibility index (Phi) is 9.09. The first-order valence-electron chi connectivity index (χ1n) is 20.9. The van der Waals surface area contributed by atoms with Crippen LogP contribution in [0.5, 0.6) is 0 Å². The fourth-order valence-corrected chi connectivity index (χ4v) is 9.26. The van der Waals surface area contributed by atoms with Crippen molar-refractivity contribution in [3.05, 3.63) is 265 Å². The summed E-state index contributed by atoms with van der Waals surface area (Å²) < 4.78 is 0. The Hall–Kier alpha value is -7.94.